The lowest BCUT2D eigenvalue weighted by molar-refractivity contribution is 0.0693. The topological polar surface area (TPSA) is 59.3 Å². The van der Waals surface area contributed by atoms with Crippen molar-refractivity contribution >= 4 is 5.97 Å². The van der Waals surface area contributed by atoms with E-state index in [1.54, 1.807) is 13.1 Å². The third-order valence-corrected chi connectivity index (χ3v) is 3.62. The molecule has 104 valence electrons. The van der Waals surface area contributed by atoms with E-state index >= 15 is 0 Å². The van der Waals surface area contributed by atoms with Crippen molar-refractivity contribution in [3.05, 3.63) is 62.6 Å². The Hall–Kier alpha value is -2.36. The largest absolute Gasteiger partial charge is 0.477 e. The minimum absolute atomic E-state index is 0.160. The second-order valence-corrected chi connectivity index (χ2v) is 5.03. The molecule has 1 aromatic heterocycles. The van der Waals surface area contributed by atoms with Gasteiger partial charge in [0.2, 0.25) is 0 Å². The smallest absolute Gasteiger partial charge is 0.341 e. The van der Waals surface area contributed by atoms with Gasteiger partial charge in [-0.15, -0.1) is 0 Å². The summed E-state index contributed by atoms with van der Waals surface area (Å²) in [6, 6.07) is 5.73. The van der Waals surface area contributed by atoms with Crippen LogP contribution in [-0.2, 0) is 0 Å². The van der Waals surface area contributed by atoms with Gasteiger partial charge in [-0.2, -0.15) is 0 Å². The number of rotatable bonds is 2. The highest BCUT2D eigenvalue weighted by Gasteiger charge is 2.18. The van der Waals surface area contributed by atoms with Crippen LogP contribution in [0.2, 0.25) is 0 Å². The van der Waals surface area contributed by atoms with Gasteiger partial charge in [0.25, 0.3) is 5.56 Å². The van der Waals surface area contributed by atoms with Crippen molar-refractivity contribution < 1.29 is 9.90 Å². The van der Waals surface area contributed by atoms with Gasteiger partial charge in [-0.1, -0.05) is 18.2 Å². The second-order valence-electron chi connectivity index (χ2n) is 5.03. The van der Waals surface area contributed by atoms with Crippen molar-refractivity contribution in [2.75, 3.05) is 0 Å². The highest BCUT2D eigenvalue weighted by molar-refractivity contribution is 5.89. The van der Waals surface area contributed by atoms with E-state index < -0.39 is 11.5 Å². The van der Waals surface area contributed by atoms with Crippen molar-refractivity contribution in [3.8, 4) is 5.69 Å². The fraction of sp³-hybridized carbons (Fsp3) is 0.250. The Labute approximate surface area is 117 Å². The second kappa shape index (κ2) is 4.96. The van der Waals surface area contributed by atoms with Crippen LogP contribution in [0.1, 0.15) is 32.6 Å². The van der Waals surface area contributed by atoms with Crippen molar-refractivity contribution in [1.82, 2.24) is 4.57 Å². The predicted octanol–water partition coefficient (Wildman–Crippen LogP) is 2.77. The first-order valence-corrected chi connectivity index (χ1v) is 6.37. The first-order valence-electron chi connectivity index (χ1n) is 6.37. The molecule has 0 spiro atoms. The first-order chi connectivity index (χ1) is 9.34. The van der Waals surface area contributed by atoms with Crippen molar-refractivity contribution in [3.63, 3.8) is 0 Å². The Kier molecular flexibility index (Phi) is 3.49. The molecule has 0 radical (unpaired) electrons. The minimum atomic E-state index is -1.18. The zero-order chi connectivity index (χ0) is 15.0. The van der Waals surface area contributed by atoms with E-state index in [0.29, 0.717) is 5.56 Å². The number of carbonyl (C=O) groups is 1. The van der Waals surface area contributed by atoms with Crippen LogP contribution >= 0.6 is 0 Å². The molecule has 0 amide bonds. The summed E-state index contributed by atoms with van der Waals surface area (Å²) >= 11 is 0. The lowest BCUT2D eigenvalue weighted by Crippen LogP contribution is -2.28. The van der Waals surface area contributed by atoms with Gasteiger partial charge >= 0.3 is 5.97 Å². The first kappa shape index (κ1) is 14.1. The SMILES string of the molecule is Cc1cn(-c2c(C)cccc2C)c(=O)c(C(=O)O)c1C. The van der Waals surface area contributed by atoms with Crippen molar-refractivity contribution in [2.24, 2.45) is 0 Å². The molecule has 0 unspecified atom stereocenters. The van der Waals surface area contributed by atoms with E-state index in [4.69, 9.17) is 0 Å². The maximum Gasteiger partial charge on any atom is 0.341 e. The monoisotopic (exact) mass is 271 g/mol. The average molecular weight is 271 g/mol. The Bertz CT molecular complexity index is 737. The molecule has 2 rings (SSSR count). The molecule has 1 N–H and O–H groups in total. The Morgan fingerprint density at radius 3 is 2.10 bits per heavy atom. The maximum atomic E-state index is 12.5. The molecule has 0 atom stereocenters. The number of aromatic nitrogens is 1. The van der Waals surface area contributed by atoms with Crippen LogP contribution in [0.5, 0.6) is 0 Å². The molecule has 0 saturated heterocycles. The van der Waals surface area contributed by atoms with Crippen LogP contribution in [0.3, 0.4) is 0 Å². The third-order valence-electron chi connectivity index (χ3n) is 3.62. The number of hydrogen-bond acceptors (Lipinski definition) is 2. The number of aromatic carboxylic acids is 1. The van der Waals surface area contributed by atoms with Crippen LogP contribution in [0.15, 0.2) is 29.2 Å². The number of carboxylic acid groups (broad SMARTS) is 1. The molecule has 0 aliphatic carbocycles. The fourth-order valence-corrected chi connectivity index (χ4v) is 2.43. The van der Waals surface area contributed by atoms with E-state index in [0.717, 1.165) is 22.4 Å². The number of nitrogens with zero attached hydrogens (tertiary/aromatic N) is 1. The van der Waals surface area contributed by atoms with Gasteiger partial charge in [0.1, 0.15) is 5.56 Å². The van der Waals surface area contributed by atoms with Gasteiger partial charge < -0.3 is 5.11 Å². The number of hydrogen-bond donors (Lipinski definition) is 1. The molecule has 0 saturated carbocycles. The van der Waals surface area contributed by atoms with E-state index in [2.05, 4.69) is 0 Å². The predicted molar refractivity (Wildman–Crippen MR) is 77.9 cm³/mol. The number of carboxylic acids is 1. The van der Waals surface area contributed by atoms with Crippen LogP contribution in [0.4, 0.5) is 0 Å². The summed E-state index contributed by atoms with van der Waals surface area (Å²) in [5.41, 5.74) is 3.28. The van der Waals surface area contributed by atoms with Gasteiger partial charge in [0.15, 0.2) is 0 Å². The van der Waals surface area contributed by atoms with E-state index in [1.165, 1.54) is 4.57 Å². The molecule has 1 heterocycles. The lowest BCUT2D eigenvalue weighted by atomic mass is 10.0. The number of aryl methyl sites for hydroxylation is 3. The molecular weight excluding hydrogens is 254 g/mol. The van der Waals surface area contributed by atoms with Crippen molar-refractivity contribution in [1.29, 1.82) is 0 Å². The van der Waals surface area contributed by atoms with Gasteiger partial charge in [-0.05, 0) is 49.9 Å². The summed E-state index contributed by atoms with van der Waals surface area (Å²) in [5, 5.41) is 9.27. The molecular formula is C16H17NO3. The van der Waals surface area contributed by atoms with Crippen LogP contribution < -0.4 is 5.56 Å². The Morgan fingerprint density at radius 2 is 1.60 bits per heavy atom. The quantitative estimate of drug-likeness (QED) is 0.913. The third kappa shape index (κ3) is 2.13. The fourth-order valence-electron chi connectivity index (χ4n) is 2.43. The van der Waals surface area contributed by atoms with Crippen LogP contribution in [-0.4, -0.2) is 15.6 Å². The Balaban J connectivity index is 2.90. The summed E-state index contributed by atoms with van der Waals surface area (Å²) in [5.74, 6) is -1.18. The molecule has 20 heavy (non-hydrogen) atoms. The normalized spacial score (nSPS) is 10.6. The van der Waals surface area contributed by atoms with Gasteiger partial charge in [-0.3, -0.25) is 9.36 Å². The minimum Gasteiger partial charge on any atom is -0.477 e. The molecule has 2 aromatic rings. The Morgan fingerprint density at radius 1 is 1.05 bits per heavy atom. The zero-order valence-electron chi connectivity index (χ0n) is 12.0. The average Bonchev–Trinajstić information content (AvgIpc) is 2.35. The summed E-state index contributed by atoms with van der Waals surface area (Å²) in [4.78, 5) is 23.8. The summed E-state index contributed by atoms with van der Waals surface area (Å²) in [6.45, 7) is 7.29. The molecule has 0 aliphatic heterocycles. The highest BCUT2D eigenvalue weighted by Crippen LogP contribution is 2.19. The molecule has 0 fully saturated rings. The number of para-hydroxylation sites is 1. The molecule has 0 aliphatic rings. The van der Waals surface area contributed by atoms with E-state index in [-0.39, 0.29) is 5.56 Å². The van der Waals surface area contributed by atoms with Crippen molar-refractivity contribution in [2.45, 2.75) is 27.7 Å². The molecule has 0 bridgehead atoms. The number of benzene rings is 1. The lowest BCUT2D eigenvalue weighted by Gasteiger charge is -2.15. The summed E-state index contributed by atoms with van der Waals surface area (Å²) < 4.78 is 1.44. The number of pyridine rings is 1. The van der Waals surface area contributed by atoms with Gasteiger partial charge in [-0.25, -0.2) is 4.79 Å². The molecule has 4 nitrogen and oxygen atoms in total. The standard InChI is InChI=1S/C16H17NO3/c1-9-6-5-7-10(2)14(9)17-8-11(3)12(4)13(15(17)18)16(19)20/h5-8H,1-4H3,(H,19,20). The van der Waals surface area contributed by atoms with Gasteiger partial charge in [0, 0.05) is 6.20 Å². The van der Waals surface area contributed by atoms with Crippen LogP contribution in [0, 0.1) is 27.7 Å². The van der Waals surface area contributed by atoms with Crippen LogP contribution in [0.25, 0.3) is 5.69 Å². The summed E-state index contributed by atoms with van der Waals surface area (Å²) in [7, 11) is 0. The highest BCUT2D eigenvalue weighted by atomic mass is 16.4. The molecule has 4 heteroatoms. The maximum absolute atomic E-state index is 12.5. The van der Waals surface area contributed by atoms with E-state index in [9.17, 15) is 14.7 Å². The molecule has 1 aromatic carbocycles. The zero-order valence-corrected chi connectivity index (χ0v) is 12.0. The summed E-state index contributed by atoms with van der Waals surface area (Å²) in [6.07, 6.45) is 1.71. The van der Waals surface area contributed by atoms with E-state index in [1.807, 2.05) is 39.0 Å². The van der Waals surface area contributed by atoms with Gasteiger partial charge in [0.05, 0.1) is 5.69 Å².